The van der Waals surface area contributed by atoms with Crippen molar-refractivity contribution >= 4 is 23.6 Å². The first-order chi connectivity index (χ1) is 9.22. The lowest BCUT2D eigenvalue weighted by Gasteiger charge is -2.05. The van der Waals surface area contributed by atoms with Gasteiger partial charge in [-0.2, -0.15) is 0 Å². The van der Waals surface area contributed by atoms with Gasteiger partial charge in [0.1, 0.15) is 0 Å². The lowest BCUT2D eigenvalue weighted by atomic mass is 10.2. The van der Waals surface area contributed by atoms with Gasteiger partial charge in [0.15, 0.2) is 0 Å². The fraction of sp³-hybridized carbons (Fsp3) is 0.385. The molecule has 1 aromatic carbocycles. The molecule has 5 N–H and O–H groups in total. The molecule has 0 heterocycles. The predicted molar refractivity (Wildman–Crippen MR) is 76.4 cm³/mol. The summed E-state index contributed by atoms with van der Waals surface area (Å²) in [6.45, 7) is 1.22. The number of thioether (sulfide) groups is 1. The van der Waals surface area contributed by atoms with E-state index >= 15 is 0 Å². The molecule has 0 aromatic heterocycles. The van der Waals surface area contributed by atoms with Gasteiger partial charge in [-0.1, -0.05) is 30.3 Å². The summed E-state index contributed by atoms with van der Waals surface area (Å²) in [5.74, 6) is 0.857. The van der Waals surface area contributed by atoms with Gasteiger partial charge in [-0.3, -0.25) is 9.59 Å². The molecule has 1 aromatic rings. The first kappa shape index (κ1) is 18.9. The van der Waals surface area contributed by atoms with Gasteiger partial charge in [-0.15, -0.1) is 11.8 Å². The summed E-state index contributed by atoms with van der Waals surface area (Å²) in [4.78, 5) is 22.7. The van der Waals surface area contributed by atoms with Crippen LogP contribution in [0.2, 0.25) is 0 Å². The Morgan fingerprint density at radius 3 is 2.45 bits per heavy atom. The summed E-state index contributed by atoms with van der Waals surface area (Å²) in [6, 6.07) is 9.96. The highest BCUT2D eigenvalue weighted by Crippen LogP contribution is 2.10. The minimum absolute atomic E-state index is 0. The zero-order valence-electron chi connectivity index (χ0n) is 11.2. The van der Waals surface area contributed by atoms with Crippen molar-refractivity contribution < 1.29 is 32.3 Å². The third-order valence-electron chi connectivity index (χ3n) is 2.29. The second kappa shape index (κ2) is 11.7. The number of rotatable bonds is 8. The van der Waals surface area contributed by atoms with E-state index in [0.717, 1.165) is 5.75 Å². The van der Waals surface area contributed by atoms with Gasteiger partial charge in [0.25, 0.3) is 0 Å². The molecule has 7 heteroatoms. The number of quaternary nitrogens is 1. The molecular formula is C13H20BrN3O2S. The molecule has 0 bridgehead atoms. The van der Waals surface area contributed by atoms with E-state index in [1.54, 1.807) is 0 Å². The average Bonchev–Trinajstić information content (AvgIpc) is 2.44. The molecule has 2 amide bonds. The van der Waals surface area contributed by atoms with Crippen molar-refractivity contribution in [1.29, 1.82) is 0 Å². The van der Waals surface area contributed by atoms with Crippen LogP contribution in [0, 0.1) is 0 Å². The molecule has 1 rings (SSSR count). The van der Waals surface area contributed by atoms with E-state index in [1.807, 2.05) is 30.3 Å². The Labute approximate surface area is 133 Å². The second-order valence-corrected chi connectivity index (χ2v) is 4.94. The summed E-state index contributed by atoms with van der Waals surface area (Å²) in [6.07, 6.45) is 0. The van der Waals surface area contributed by atoms with Crippen molar-refractivity contribution in [3.8, 4) is 0 Å². The van der Waals surface area contributed by atoms with Crippen molar-refractivity contribution in [3.05, 3.63) is 35.9 Å². The van der Waals surface area contributed by atoms with E-state index in [1.165, 1.54) is 17.3 Å². The maximum Gasteiger partial charge on any atom is 0.239 e. The van der Waals surface area contributed by atoms with Gasteiger partial charge < -0.3 is 33.3 Å². The number of hydrogen-bond acceptors (Lipinski definition) is 3. The molecule has 5 nitrogen and oxygen atoms in total. The first-order valence-corrected chi connectivity index (χ1v) is 7.32. The largest absolute Gasteiger partial charge is 1.00 e. The molecule has 0 saturated carbocycles. The fourth-order valence-electron chi connectivity index (χ4n) is 1.36. The number of amides is 2. The molecule has 20 heavy (non-hydrogen) atoms. The zero-order chi connectivity index (χ0) is 13.9. The minimum Gasteiger partial charge on any atom is -1.00 e. The van der Waals surface area contributed by atoms with Crippen molar-refractivity contribution in [2.75, 3.05) is 25.4 Å². The lowest BCUT2D eigenvalue weighted by Crippen LogP contribution is -3.00. The van der Waals surface area contributed by atoms with Gasteiger partial charge in [0.05, 0.1) is 25.4 Å². The molecule has 0 unspecified atom stereocenters. The van der Waals surface area contributed by atoms with Crippen molar-refractivity contribution in [3.63, 3.8) is 0 Å². The van der Waals surface area contributed by atoms with Gasteiger partial charge in [-0.05, 0) is 5.56 Å². The summed E-state index contributed by atoms with van der Waals surface area (Å²) in [5.41, 5.74) is 4.81. The monoisotopic (exact) mass is 361 g/mol. The average molecular weight is 362 g/mol. The van der Waals surface area contributed by atoms with Gasteiger partial charge in [-0.25, -0.2) is 0 Å². The fourth-order valence-corrected chi connectivity index (χ4v) is 2.17. The van der Waals surface area contributed by atoms with E-state index in [2.05, 4.69) is 16.4 Å². The van der Waals surface area contributed by atoms with E-state index in [4.69, 9.17) is 0 Å². The predicted octanol–water partition coefficient (Wildman–Crippen LogP) is -3.60. The summed E-state index contributed by atoms with van der Waals surface area (Å²) in [7, 11) is 0. The molecule has 0 aliphatic rings. The number of halogens is 1. The second-order valence-electron chi connectivity index (χ2n) is 3.96. The first-order valence-electron chi connectivity index (χ1n) is 6.16. The Bertz CT molecular complexity index is 404. The highest BCUT2D eigenvalue weighted by molar-refractivity contribution is 7.99. The van der Waals surface area contributed by atoms with Crippen LogP contribution in [0.5, 0.6) is 0 Å². The normalized spacial score (nSPS) is 9.45. The van der Waals surface area contributed by atoms with Crippen molar-refractivity contribution in [2.45, 2.75) is 5.75 Å². The molecule has 112 valence electrons. The van der Waals surface area contributed by atoms with Crippen molar-refractivity contribution in [1.82, 2.24) is 10.6 Å². The van der Waals surface area contributed by atoms with Crippen LogP contribution >= 0.6 is 11.8 Å². The Morgan fingerprint density at radius 2 is 1.80 bits per heavy atom. The molecule has 0 saturated heterocycles. The number of nitrogens with one attached hydrogen (secondary N) is 2. The third kappa shape index (κ3) is 8.95. The van der Waals surface area contributed by atoms with Gasteiger partial charge in [0, 0.05) is 5.75 Å². The molecule has 0 aliphatic carbocycles. The summed E-state index contributed by atoms with van der Waals surface area (Å²) >= 11 is 1.53. The van der Waals surface area contributed by atoms with Crippen LogP contribution in [0.3, 0.4) is 0 Å². The Balaban J connectivity index is 0.00000361. The molecule has 0 spiro atoms. The highest BCUT2D eigenvalue weighted by Gasteiger charge is 2.05. The minimum atomic E-state index is -0.176. The van der Waals surface area contributed by atoms with E-state index < -0.39 is 0 Å². The number of carbonyl (C=O) groups is 2. The number of hydrogen-bond donors (Lipinski definition) is 3. The molecular weight excluding hydrogens is 342 g/mol. The van der Waals surface area contributed by atoms with E-state index in [9.17, 15) is 9.59 Å². The lowest BCUT2D eigenvalue weighted by molar-refractivity contribution is -0.364. The molecule has 0 radical (unpaired) electrons. The Hall–Kier alpha value is -1.05. The molecule has 0 atom stereocenters. The van der Waals surface area contributed by atoms with Gasteiger partial charge >= 0.3 is 0 Å². The maximum atomic E-state index is 11.5. The summed E-state index contributed by atoms with van der Waals surface area (Å²) < 4.78 is 0. The van der Waals surface area contributed by atoms with Crippen LogP contribution in [0.4, 0.5) is 0 Å². The maximum absolute atomic E-state index is 11.5. The standard InChI is InChI=1S/C13H19N3O2S.BrH/c14-6-7-15-12(17)8-16-13(18)10-19-9-11-4-2-1-3-5-11;/h1-5H,6-10,14H2,(H,15,17)(H,16,18);1H. The topological polar surface area (TPSA) is 85.8 Å². The quantitative estimate of drug-likeness (QED) is 0.447. The van der Waals surface area contributed by atoms with Crippen LogP contribution in [-0.4, -0.2) is 37.2 Å². The SMILES string of the molecule is [Br-].[NH3+]CCNC(=O)CNC(=O)CSCc1ccccc1. The van der Waals surface area contributed by atoms with Crippen LogP contribution < -0.4 is 33.3 Å². The highest BCUT2D eigenvalue weighted by atomic mass is 79.9. The van der Waals surface area contributed by atoms with Crippen LogP contribution in [0.1, 0.15) is 5.56 Å². The third-order valence-corrected chi connectivity index (χ3v) is 3.29. The molecule has 0 fully saturated rings. The zero-order valence-corrected chi connectivity index (χ0v) is 13.6. The Morgan fingerprint density at radius 1 is 1.10 bits per heavy atom. The van der Waals surface area contributed by atoms with Crippen molar-refractivity contribution in [2.24, 2.45) is 0 Å². The smallest absolute Gasteiger partial charge is 0.239 e. The van der Waals surface area contributed by atoms with E-state index in [0.29, 0.717) is 18.8 Å². The number of benzene rings is 1. The van der Waals surface area contributed by atoms with Gasteiger partial charge in [0.2, 0.25) is 11.8 Å². The van der Waals surface area contributed by atoms with Crippen LogP contribution in [0.15, 0.2) is 30.3 Å². The number of carbonyl (C=O) groups excluding carboxylic acids is 2. The van der Waals surface area contributed by atoms with Crippen LogP contribution in [0.25, 0.3) is 0 Å². The van der Waals surface area contributed by atoms with Crippen LogP contribution in [-0.2, 0) is 15.3 Å². The Kier molecular flexibility index (Phi) is 11.1. The summed E-state index contributed by atoms with van der Waals surface area (Å²) in [5, 5.41) is 5.23. The van der Waals surface area contributed by atoms with E-state index in [-0.39, 0.29) is 35.3 Å². The molecule has 0 aliphatic heterocycles.